The SMILES string of the molecule is COC(=O)c1ccccc1N(C)C(=O)c1cc(-c2cccc(Cl)c2)no1. The second-order valence-corrected chi connectivity index (χ2v) is 5.90. The standard InChI is InChI=1S/C19H15ClN2O4/c1-22(16-9-4-3-8-14(16)19(24)25-2)18(23)17-11-15(21-26-17)12-6-5-7-13(20)10-12/h3-11H,1-2H3. The molecule has 0 saturated heterocycles. The highest BCUT2D eigenvalue weighted by Crippen LogP contribution is 2.25. The molecule has 0 spiro atoms. The maximum Gasteiger partial charge on any atom is 0.339 e. The van der Waals surface area contributed by atoms with Gasteiger partial charge in [-0.05, 0) is 24.3 Å². The molecule has 1 aromatic heterocycles. The Bertz CT molecular complexity index is 967. The average Bonchev–Trinajstić information content (AvgIpc) is 3.16. The van der Waals surface area contributed by atoms with Crippen molar-refractivity contribution in [3.63, 3.8) is 0 Å². The van der Waals surface area contributed by atoms with Crippen molar-refractivity contribution in [3.8, 4) is 11.3 Å². The van der Waals surface area contributed by atoms with E-state index < -0.39 is 11.9 Å². The molecule has 6 nitrogen and oxygen atoms in total. The highest BCUT2D eigenvalue weighted by Gasteiger charge is 2.23. The van der Waals surface area contributed by atoms with Crippen molar-refractivity contribution in [1.29, 1.82) is 0 Å². The molecule has 1 amide bonds. The Morgan fingerprint density at radius 1 is 1.12 bits per heavy atom. The van der Waals surface area contributed by atoms with Crippen molar-refractivity contribution in [2.45, 2.75) is 0 Å². The Morgan fingerprint density at radius 3 is 2.62 bits per heavy atom. The number of nitrogens with zero attached hydrogens (tertiary/aromatic N) is 2. The summed E-state index contributed by atoms with van der Waals surface area (Å²) in [6.07, 6.45) is 0. The van der Waals surface area contributed by atoms with Gasteiger partial charge in [-0.25, -0.2) is 4.79 Å². The van der Waals surface area contributed by atoms with Crippen LogP contribution in [0.25, 0.3) is 11.3 Å². The molecule has 0 aliphatic rings. The molecule has 0 radical (unpaired) electrons. The molecule has 0 aliphatic heterocycles. The summed E-state index contributed by atoms with van der Waals surface area (Å²) in [5, 5.41) is 4.48. The van der Waals surface area contributed by atoms with Crippen molar-refractivity contribution in [1.82, 2.24) is 5.16 Å². The predicted molar refractivity (Wildman–Crippen MR) is 97.5 cm³/mol. The zero-order valence-electron chi connectivity index (χ0n) is 14.1. The minimum absolute atomic E-state index is 0.0437. The van der Waals surface area contributed by atoms with E-state index in [1.165, 1.54) is 18.1 Å². The summed E-state index contributed by atoms with van der Waals surface area (Å²) < 4.78 is 9.95. The Morgan fingerprint density at radius 2 is 1.88 bits per heavy atom. The molecule has 3 aromatic rings. The van der Waals surface area contributed by atoms with Crippen molar-refractivity contribution in [2.24, 2.45) is 0 Å². The second-order valence-electron chi connectivity index (χ2n) is 5.46. The van der Waals surface area contributed by atoms with Gasteiger partial charge in [-0.15, -0.1) is 0 Å². The number of para-hydroxylation sites is 1. The Balaban J connectivity index is 1.90. The number of rotatable bonds is 4. The Labute approximate surface area is 154 Å². The fourth-order valence-corrected chi connectivity index (χ4v) is 2.67. The first-order valence-corrected chi connectivity index (χ1v) is 8.07. The van der Waals surface area contributed by atoms with Crippen molar-refractivity contribution < 1.29 is 18.8 Å². The minimum atomic E-state index is -0.530. The third-order valence-corrected chi connectivity index (χ3v) is 4.05. The fraction of sp³-hybridized carbons (Fsp3) is 0.105. The molecule has 0 fully saturated rings. The van der Waals surface area contributed by atoms with Gasteiger partial charge in [0.25, 0.3) is 5.91 Å². The molecule has 0 bridgehead atoms. The van der Waals surface area contributed by atoms with Gasteiger partial charge in [0.05, 0.1) is 18.4 Å². The zero-order valence-corrected chi connectivity index (χ0v) is 14.9. The number of carbonyl (C=O) groups excluding carboxylic acids is 2. The van der Waals surface area contributed by atoms with Crippen LogP contribution >= 0.6 is 11.6 Å². The average molecular weight is 371 g/mol. The highest BCUT2D eigenvalue weighted by atomic mass is 35.5. The van der Waals surface area contributed by atoms with Crippen LogP contribution in [0.1, 0.15) is 20.9 Å². The summed E-state index contributed by atoms with van der Waals surface area (Å²) in [5.41, 5.74) is 1.91. The lowest BCUT2D eigenvalue weighted by molar-refractivity contribution is 0.0601. The molecule has 0 saturated carbocycles. The normalized spacial score (nSPS) is 10.4. The van der Waals surface area contributed by atoms with E-state index in [1.54, 1.807) is 49.5 Å². The van der Waals surface area contributed by atoms with Crippen LogP contribution in [-0.4, -0.2) is 31.2 Å². The lowest BCUT2D eigenvalue weighted by Gasteiger charge is -2.18. The van der Waals surface area contributed by atoms with Crippen LogP contribution in [0, 0.1) is 0 Å². The van der Waals surface area contributed by atoms with Crippen LogP contribution in [-0.2, 0) is 4.74 Å². The number of halogens is 1. The van der Waals surface area contributed by atoms with Crippen molar-refractivity contribution >= 4 is 29.2 Å². The lowest BCUT2D eigenvalue weighted by Crippen LogP contribution is -2.27. The number of hydrogen-bond acceptors (Lipinski definition) is 5. The van der Waals surface area contributed by atoms with E-state index in [0.717, 1.165) is 5.56 Å². The largest absolute Gasteiger partial charge is 0.465 e. The minimum Gasteiger partial charge on any atom is -0.465 e. The third-order valence-electron chi connectivity index (χ3n) is 3.82. The molecule has 3 rings (SSSR count). The molecule has 0 atom stereocenters. The lowest BCUT2D eigenvalue weighted by atomic mass is 10.1. The van der Waals surface area contributed by atoms with Crippen LogP contribution in [0.2, 0.25) is 5.02 Å². The number of benzene rings is 2. The summed E-state index contributed by atoms with van der Waals surface area (Å²) in [4.78, 5) is 26.0. The molecule has 132 valence electrons. The van der Waals surface area contributed by atoms with Gasteiger partial charge in [-0.3, -0.25) is 4.79 Å². The molecule has 2 aromatic carbocycles. The first kappa shape index (κ1) is 17.7. The molecule has 0 N–H and O–H groups in total. The van der Waals surface area contributed by atoms with Gasteiger partial charge in [-0.2, -0.15) is 0 Å². The quantitative estimate of drug-likeness (QED) is 0.647. The Kier molecular flexibility index (Phi) is 5.04. The Hall–Kier alpha value is -3.12. The molecule has 0 unspecified atom stereocenters. The zero-order chi connectivity index (χ0) is 18.7. The molecule has 1 heterocycles. The number of esters is 1. The van der Waals surface area contributed by atoms with Gasteiger partial charge in [0.15, 0.2) is 0 Å². The summed E-state index contributed by atoms with van der Waals surface area (Å²) in [6.45, 7) is 0. The van der Waals surface area contributed by atoms with Crippen LogP contribution in [0.4, 0.5) is 5.69 Å². The number of methoxy groups -OCH3 is 1. The van der Waals surface area contributed by atoms with E-state index in [0.29, 0.717) is 16.4 Å². The van der Waals surface area contributed by atoms with Crippen LogP contribution in [0.3, 0.4) is 0 Å². The van der Waals surface area contributed by atoms with Crippen LogP contribution < -0.4 is 4.90 Å². The number of ether oxygens (including phenoxy) is 1. The first-order chi connectivity index (χ1) is 12.5. The van der Waals surface area contributed by atoms with E-state index >= 15 is 0 Å². The van der Waals surface area contributed by atoms with E-state index in [-0.39, 0.29) is 11.3 Å². The summed E-state index contributed by atoms with van der Waals surface area (Å²) in [7, 11) is 2.83. The summed E-state index contributed by atoms with van der Waals surface area (Å²) in [5.74, 6) is -0.929. The van der Waals surface area contributed by atoms with Gasteiger partial charge in [0, 0.05) is 23.7 Å². The monoisotopic (exact) mass is 370 g/mol. The van der Waals surface area contributed by atoms with Gasteiger partial charge >= 0.3 is 5.97 Å². The highest BCUT2D eigenvalue weighted by molar-refractivity contribution is 6.30. The van der Waals surface area contributed by atoms with E-state index in [9.17, 15) is 9.59 Å². The molecular formula is C19H15ClN2O4. The first-order valence-electron chi connectivity index (χ1n) is 7.69. The molecular weight excluding hydrogens is 356 g/mol. The summed E-state index contributed by atoms with van der Waals surface area (Å²) in [6, 6.07) is 15.3. The predicted octanol–water partition coefficient (Wildman–Crippen LogP) is 4.06. The van der Waals surface area contributed by atoms with Crippen LogP contribution in [0.15, 0.2) is 59.1 Å². The number of amides is 1. The smallest absolute Gasteiger partial charge is 0.339 e. The number of hydrogen-bond donors (Lipinski definition) is 0. The number of aromatic nitrogens is 1. The van der Waals surface area contributed by atoms with Crippen molar-refractivity contribution in [3.05, 3.63) is 70.9 Å². The topological polar surface area (TPSA) is 72.6 Å². The van der Waals surface area contributed by atoms with Gasteiger partial charge < -0.3 is 14.2 Å². The van der Waals surface area contributed by atoms with E-state index in [1.807, 2.05) is 6.07 Å². The number of anilines is 1. The molecule has 26 heavy (non-hydrogen) atoms. The third kappa shape index (κ3) is 3.45. The van der Waals surface area contributed by atoms with Crippen molar-refractivity contribution in [2.75, 3.05) is 19.1 Å². The van der Waals surface area contributed by atoms with E-state index in [4.69, 9.17) is 20.9 Å². The number of carbonyl (C=O) groups is 2. The van der Waals surface area contributed by atoms with Gasteiger partial charge in [0.2, 0.25) is 5.76 Å². The summed E-state index contributed by atoms with van der Waals surface area (Å²) >= 11 is 5.98. The molecule has 7 heteroatoms. The maximum atomic E-state index is 12.7. The van der Waals surface area contributed by atoms with Crippen LogP contribution in [0.5, 0.6) is 0 Å². The molecule has 0 aliphatic carbocycles. The maximum absolute atomic E-state index is 12.7. The van der Waals surface area contributed by atoms with Gasteiger partial charge in [-0.1, -0.05) is 41.0 Å². The fourth-order valence-electron chi connectivity index (χ4n) is 2.48. The van der Waals surface area contributed by atoms with Gasteiger partial charge in [0.1, 0.15) is 5.69 Å². The van der Waals surface area contributed by atoms with E-state index in [2.05, 4.69) is 5.16 Å². The second kappa shape index (κ2) is 7.41.